The average Bonchev–Trinajstić information content (AvgIpc) is 2.93. The van der Waals surface area contributed by atoms with Crippen molar-refractivity contribution in [1.82, 2.24) is 5.32 Å². The van der Waals surface area contributed by atoms with Crippen LogP contribution in [-0.4, -0.2) is 58.5 Å². The minimum absolute atomic E-state index is 0.310. The Bertz CT molecular complexity index is 817. The molecule has 1 fully saturated rings. The minimum atomic E-state index is -1.39. The molecular formula is C15H17NO8S. The van der Waals surface area contributed by atoms with Gasteiger partial charge in [-0.15, -0.1) is 0 Å². The topological polar surface area (TPSA) is 138 Å². The van der Waals surface area contributed by atoms with Gasteiger partial charge in [-0.05, 0) is 12.1 Å². The number of fused-ring (bicyclic) bond motifs is 1. The highest BCUT2D eigenvalue weighted by Crippen LogP contribution is 2.27. The SMILES string of the molecule is CC(=O)N[C@@H]1[C@@H](Oc2ccc3oc(=O)sc3c2)O[C@@H](CO)[C@@H](O)[C@@H]1O. The number of rotatable bonds is 4. The lowest BCUT2D eigenvalue weighted by molar-refractivity contribution is -0.244. The van der Waals surface area contributed by atoms with E-state index < -0.39 is 48.1 Å². The molecule has 10 heteroatoms. The molecule has 25 heavy (non-hydrogen) atoms. The number of hydrogen-bond donors (Lipinski definition) is 4. The van der Waals surface area contributed by atoms with E-state index in [1.807, 2.05) is 0 Å². The zero-order chi connectivity index (χ0) is 18.1. The van der Waals surface area contributed by atoms with E-state index in [4.69, 9.17) is 13.9 Å². The smallest absolute Gasteiger partial charge is 0.396 e. The van der Waals surface area contributed by atoms with Crippen LogP contribution in [0.1, 0.15) is 6.92 Å². The molecule has 0 saturated carbocycles. The summed E-state index contributed by atoms with van der Waals surface area (Å²) in [6.07, 6.45) is -5.00. The average molecular weight is 371 g/mol. The first-order valence-corrected chi connectivity index (χ1v) is 8.30. The monoisotopic (exact) mass is 371 g/mol. The molecule has 0 unspecified atom stereocenters. The van der Waals surface area contributed by atoms with Crippen molar-refractivity contribution in [3.05, 3.63) is 27.9 Å². The molecule has 1 aromatic heterocycles. The molecule has 1 aliphatic rings. The summed E-state index contributed by atoms with van der Waals surface area (Å²) in [4.78, 5) is 22.2. The van der Waals surface area contributed by atoms with Crippen LogP contribution in [0.25, 0.3) is 10.3 Å². The molecule has 5 atom stereocenters. The molecule has 136 valence electrons. The van der Waals surface area contributed by atoms with Gasteiger partial charge in [-0.3, -0.25) is 4.79 Å². The van der Waals surface area contributed by atoms with Crippen molar-refractivity contribution in [3.8, 4) is 5.75 Å². The maximum Gasteiger partial charge on any atom is 0.396 e. The summed E-state index contributed by atoms with van der Waals surface area (Å²) in [5, 5.41) is 31.9. The molecule has 9 nitrogen and oxygen atoms in total. The molecular weight excluding hydrogens is 354 g/mol. The highest BCUT2D eigenvalue weighted by atomic mass is 32.1. The van der Waals surface area contributed by atoms with Gasteiger partial charge < -0.3 is 34.5 Å². The van der Waals surface area contributed by atoms with Crippen LogP contribution in [0.15, 0.2) is 27.4 Å². The second-order valence-corrected chi connectivity index (χ2v) is 6.59. The number of hydrogen-bond acceptors (Lipinski definition) is 9. The molecule has 0 spiro atoms. The van der Waals surface area contributed by atoms with Crippen LogP contribution in [0.5, 0.6) is 5.75 Å². The predicted molar refractivity (Wildman–Crippen MR) is 86.4 cm³/mol. The lowest BCUT2D eigenvalue weighted by Gasteiger charge is -2.42. The van der Waals surface area contributed by atoms with E-state index in [-0.39, 0.29) is 0 Å². The summed E-state index contributed by atoms with van der Waals surface area (Å²) < 4.78 is 16.7. The maximum absolute atomic E-state index is 11.4. The fraction of sp³-hybridized carbons (Fsp3) is 0.467. The van der Waals surface area contributed by atoms with Gasteiger partial charge in [0.05, 0.1) is 11.3 Å². The first kappa shape index (κ1) is 17.8. The van der Waals surface area contributed by atoms with Gasteiger partial charge in [-0.1, -0.05) is 11.3 Å². The highest BCUT2D eigenvalue weighted by molar-refractivity contribution is 7.16. The normalized spacial score (nSPS) is 29.5. The largest absolute Gasteiger partial charge is 0.463 e. The Morgan fingerprint density at radius 2 is 2.12 bits per heavy atom. The zero-order valence-electron chi connectivity index (χ0n) is 13.1. The van der Waals surface area contributed by atoms with Gasteiger partial charge in [0.1, 0.15) is 35.7 Å². The number of ether oxygens (including phenoxy) is 2. The van der Waals surface area contributed by atoms with Crippen molar-refractivity contribution >= 4 is 27.5 Å². The molecule has 0 radical (unpaired) electrons. The third kappa shape index (κ3) is 3.67. The van der Waals surface area contributed by atoms with E-state index in [1.54, 1.807) is 12.1 Å². The second-order valence-electron chi connectivity index (χ2n) is 5.61. The minimum Gasteiger partial charge on any atom is -0.463 e. The number of nitrogens with one attached hydrogen (secondary N) is 1. The van der Waals surface area contributed by atoms with Crippen LogP contribution in [0.2, 0.25) is 0 Å². The number of carbonyl (C=O) groups excluding carboxylic acids is 1. The van der Waals surface area contributed by atoms with Crippen molar-refractivity contribution in [1.29, 1.82) is 0 Å². The molecule has 2 heterocycles. The molecule has 1 amide bonds. The number of carbonyl (C=O) groups is 1. The Labute approximate surface area is 145 Å². The summed E-state index contributed by atoms with van der Waals surface area (Å²) in [6.45, 7) is 0.719. The van der Waals surface area contributed by atoms with Gasteiger partial charge >= 0.3 is 4.94 Å². The van der Waals surface area contributed by atoms with Crippen molar-refractivity contribution < 1.29 is 34.0 Å². The van der Waals surface area contributed by atoms with Crippen LogP contribution in [0.4, 0.5) is 0 Å². The summed E-state index contributed by atoms with van der Waals surface area (Å²) in [5.74, 6) is -0.135. The molecule has 0 bridgehead atoms. The van der Waals surface area contributed by atoms with Gasteiger partial charge in [0.25, 0.3) is 0 Å². The Kier molecular flexibility index (Phi) is 5.06. The summed E-state index contributed by atoms with van der Waals surface area (Å²) in [5.41, 5.74) is 0.411. The molecule has 1 saturated heterocycles. The molecule has 4 N–H and O–H groups in total. The summed E-state index contributed by atoms with van der Waals surface area (Å²) >= 11 is 0.904. The van der Waals surface area contributed by atoms with Gasteiger partial charge in [0, 0.05) is 13.0 Å². The van der Waals surface area contributed by atoms with Crippen LogP contribution in [0, 0.1) is 0 Å². The number of benzene rings is 1. The lowest BCUT2D eigenvalue weighted by Crippen LogP contribution is -2.65. The van der Waals surface area contributed by atoms with Gasteiger partial charge in [-0.25, -0.2) is 4.79 Å². The van der Waals surface area contributed by atoms with E-state index >= 15 is 0 Å². The first-order valence-electron chi connectivity index (χ1n) is 7.49. The third-order valence-corrected chi connectivity index (χ3v) is 4.59. The summed E-state index contributed by atoms with van der Waals surface area (Å²) in [7, 11) is 0. The number of aliphatic hydroxyl groups excluding tert-OH is 3. The van der Waals surface area contributed by atoms with Crippen LogP contribution < -0.4 is 15.0 Å². The van der Waals surface area contributed by atoms with Crippen molar-refractivity contribution in [2.45, 2.75) is 37.6 Å². The van der Waals surface area contributed by atoms with Crippen LogP contribution in [-0.2, 0) is 9.53 Å². The predicted octanol–water partition coefficient (Wildman–Crippen LogP) is -0.823. The number of amides is 1. The Hall–Kier alpha value is -1.98. The van der Waals surface area contributed by atoms with E-state index in [9.17, 15) is 24.9 Å². The maximum atomic E-state index is 11.4. The van der Waals surface area contributed by atoms with Crippen molar-refractivity contribution in [2.24, 2.45) is 0 Å². The van der Waals surface area contributed by atoms with Crippen molar-refractivity contribution in [3.63, 3.8) is 0 Å². The third-order valence-electron chi connectivity index (χ3n) is 3.80. The quantitative estimate of drug-likeness (QED) is 0.547. The van der Waals surface area contributed by atoms with E-state index in [1.165, 1.54) is 13.0 Å². The fourth-order valence-corrected chi connectivity index (χ4v) is 3.33. The van der Waals surface area contributed by atoms with E-state index in [0.717, 1.165) is 11.3 Å². The fourth-order valence-electron chi connectivity index (χ4n) is 2.63. The highest BCUT2D eigenvalue weighted by Gasteiger charge is 2.46. The van der Waals surface area contributed by atoms with Gasteiger partial charge in [0.2, 0.25) is 12.2 Å². The molecule has 0 aliphatic carbocycles. The Morgan fingerprint density at radius 3 is 2.80 bits per heavy atom. The molecule has 1 aromatic carbocycles. The Balaban J connectivity index is 1.86. The van der Waals surface area contributed by atoms with Crippen LogP contribution in [0.3, 0.4) is 0 Å². The summed E-state index contributed by atoms with van der Waals surface area (Å²) in [6, 6.07) is 3.60. The first-order chi connectivity index (χ1) is 11.9. The van der Waals surface area contributed by atoms with E-state index in [2.05, 4.69) is 5.32 Å². The van der Waals surface area contributed by atoms with Crippen molar-refractivity contribution in [2.75, 3.05) is 6.61 Å². The van der Waals surface area contributed by atoms with Gasteiger partial charge in [0.15, 0.2) is 0 Å². The standard InChI is InChI=1S/C15H17NO8S/c1-6(18)16-11-13(20)12(19)9(5-17)23-14(11)22-7-2-3-8-10(4-7)25-15(21)24-8/h2-4,9,11-14,17,19-20H,5H2,1H3,(H,16,18)/t9-,11-,12+,13+,14-/m0/s1. The second kappa shape index (κ2) is 7.10. The van der Waals surface area contributed by atoms with Crippen LogP contribution >= 0.6 is 11.3 Å². The lowest BCUT2D eigenvalue weighted by atomic mass is 9.97. The molecule has 3 rings (SSSR count). The van der Waals surface area contributed by atoms with Gasteiger partial charge in [-0.2, -0.15) is 0 Å². The Morgan fingerprint density at radius 1 is 1.36 bits per heavy atom. The number of aliphatic hydroxyl groups is 3. The van der Waals surface area contributed by atoms with E-state index in [0.29, 0.717) is 16.0 Å². The zero-order valence-corrected chi connectivity index (χ0v) is 13.9. The molecule has 2 aromatic rings. The molecule has 1 aliphatic heterocycles.